The van der Waals surface area contributed by atoms with Crippen molar-refractivity contribution in [3.05, 3.63) is 28.4 Å². The monoisotopic (exact) mass is 236 g/mol. The maximum absolute atomic E-state index is 10.5. The second kappa shape index (κ2) is 5.09. The van der Waals surface area contributed by atoms with Crippen molar-refractivity contribution in [3.63, 3.8) is 0 Å². The summed E-state index contributed by atoms with van der Waals surface area (Å²) in [4.78, 5) is 14.1. The Morgan fingerprint density at radius 1 is 1.41 bits per heavy atom. The van der Waals surface area contributed by atoms with E-state index in [0.717, 1.165) is 19.3 Å². The molecule has 1 aromatic rings. The minimum atomic E-state index is -0.441. The van der Waals surface area contributed by atoms with Gasteiger partial charge in [-0.05, 0) is 32.4 Å². The quantitative estimate of drug-likeness (QED) is 0.612. The maximum Gasteiger partial charge on any atom is 0.287 e. The zero-order chi connectivity index (χ0) is 12.3. The molecule has 0 spiro atoms. The fourth-order valence-corrected chi connectivity index (χ4v) is 2.16. The number of nitro groups is 1. The lowest BCUT2D eigenvalue weighted by Gasteiger charge is -2.13. The van der Waals surface area contributed by atoms with E-state index in [0.29, 0.717) is 17.9 Å². The lowest BCUT2D eigenvalue weighted by atomic mass is 10.2. The summed E-state index contributed by atoms with van der Waals surface area (Å²) >= 11 is 0. The van der Waals surface area contributed by atoms with Crippen LogP contribution in [-0.4, -0.2) is 29.0 Å². The second-order valence-electron chi connectivity index (χ2n) is 4.30. The molecule has 1 saturated carbocycles. The van der Waals surface area contributed by atoms with Crippen LogP contribution in [0.25, 0.3) is 0 Å². The van der Waals surface area contributed by atoms with Crippen LogP contribution in [0.15, 0.2) is 18.3 Å². The van der Waals surface area contributed by atoms with Crippen molar-refractivity contribution in [1.82, 2.24) is 10.3 Å². The molecule has 92 valence electrons. The third-order valence-corrected chi connectivity index (χ3v) is 3.15. The predicted molar refractivity (Wildman–Crippen MR) is 65.0 cm³/mol. The van der Waals surface area contributed by atoms with Crippen molar-refractivity contribution in [1.29, 1.82) is 0 Å². The third-order valence-electron chi connectivity index (χ3n) is 3.15. The summed E-state index contributed by atoms with van der Waals surface area (Å²) in [6.07, 6.45) is 4.60. The van der Waals surface area contributed by atoms with Gasteiger partial charge in [0.25, 0.3) is 5.69 Å². The molecule has 17 heavy (non-hydrogen) atoms. The molecule has 0 bridgehead atoms. The molecule has 6 nitrogen and oxygen atoms in total. The van der Waals surface area contributed by atoms with Gasteiger partial charge in [-0.25, -0.2) is 4.98 Å². The van der Waals surface area contributed by atoms with E-state index in [1.54, 1.807) is 6.07 Å². The first-order chi connectivity index (χ1) is 8.19. The Kier molecular flexibility index (Phi) is 3.53. The highest BCUT2D eigenvalue weighted by Gasteiger charge is 2.23. The van der Waals surface area contributed by atoms with Crippen molar-refractivity contribution < 1.29 is 4.92 Å². The first-order valence-corrected chi connectivity index (χ1v) is 5.73. The van der Waals surface area contributed by atoms with Gasteiger partial charge in [0.2, 0.25) is 0 Å². The number of hydrogen-bond acceptors (Lipinski definition) is 5. The number of hydrogen-bond donors (Lipinski definition) is 2. The first kappa shape index (κ1) is 11.8. The molecule has 0 radical (unpaired) electrons. The number of anilines is 1. The Morgan fingerprint density at radius 2 is 2.18 bits per heavy atom. The topological polar surface area (TPSA) is 80.1 Å². The number of nitrogens with zero attached hydrogens (tertiary/aromatic N) is 2. The SMILES string of the molecule is CNC1CCC(Nc2ccc([N+](=O)[O-])cn2)C1. The smallest absolute Gasteiger partial charge is 0.287 e. The number of rotatable bonds is 4. The fourth-order valence-electron chi connectivity index (χ4n) is 2.16. The standard InChI is InChI=1S/C11H16N4O2/c1-12-8-2-3-9(6-8)14-11-5-4-10(7-13-11)15(16)17/h4-5,7-9,12H,2-3,6H2,1H3,(H,13,14). The lowest BCUT2D eigenvalue weighted by molar-refractivity contribution is -0.385. The average Bonchev–Trinajstić information content (AvgIpc) is 2.77. The van der Waals surface area contributed by atoms with E-state index in [1.807, 2.05) is 7.05 Å². The van der Waals surface area contributed by atoms with E-state index in [1.165, 1.54) is 12.3 Å². The molecule has 2 unspecified atom stereocenters. The maximum atomic E-state index is 10.5. The van der Waals surface area contributed by atoms with E-state index in [4.69, 9.17) is 0 Å². The van der Waals surface area contributed by atoms with Crippen LogP contribution in [0, 0.1) is 10.1 Å². The molecule has 0 aliphatic heterocycles. The van der Waals surface area contributed by atoms with Gasteiger partial charge in [-0.1, -0.05) is 0 Å². The van der Waals surface area contributed by atoms with Gasteiger partial charge in [0, 0.05) is 18.2 Å². The molecule has 0 saturated heterocycles. The van der Waals surface area contributed by atoms with Crippen LogP contribution in [0.1, 0.15) is 19.3 Å². The average molecular weight is 236 g/mol. The van der Waals surface area contributed by atoms with Crippen LogP contribution < -0.4 is 10.6 Å². The highest BCUT2D eigenvalue weighted by molar-refractivity contribution is 5.41. The van der Waals surface area contributed by atoms with E-state index in [2.05, 4.69) is 15.6 Å². The van der Waals surface area contributed by atoms with Crippen LogP contribution in [-0.2, 0) is 0 Å². The molecule has 1 heterocycles. The third kappa shape index (κ3) is 2.91. The van der Waals surface area contributed by atoms with Crippen molar-refractivity contribution in [2.75, 3.05) is 12.4 Å². The van der Waals surface area contributed by atoms with Gasteiger partial charge in [-0.2, -0.15) is 0 Å². The molecule has 1 aromatic heterocycles. The summed E-state index contributed by atoms with van der Waals surface area (Å²) < 4.78 is 0. The molecule has 1 aliphatic rings. The molecule has 6 heteroatoms. The first-order valence-electron chi connectivity index (χ1n) is 5.73. The van der Waals surface area contributed by atoms with E-state index in [-0.39, 0.29) is 5.69 Å². The van der Waals surface area contributed by atoms with Crippen LogP contribution >= 0.6 is 0 Å². The van der Waals surface area contributed by atoms with Gasteiger partial charge in [0.05, 0.1) is 4.92 Å². The predicted octanol–water partition coefficient (Wildman–Crippen LogP) is 1.54. The van der Waals surface area contributed by atoms with Gasteiger partial charge in [-0.3, -0.25) is 10.1 Å². The molecule has 2 rings (SSSR count). The van der Waals surface area contributed by atoms with Crippen LogP contribution in [0.5, 0.6) is 0 Å². The zero-order valence-corrected chi connectivity index (χ0v) is 9.72. The van der Waals surface area contributed by atoms with Crippen LogP contribution in [0.4, 0.5) is 11.5 Å². The van der Waals surface area contributed by atoms with Crippen LogP contribution in [0.3, 0.4) is 0 Å². The normalized spacial score (nSPS) is 23.6. The molecule has 0 aromatic carbocycles. The second-order valence-corrected chi connectivity index (χ2v) is 4.30. The van der Waals surface area contributed by atoms with Gasteiger partial charge in [0.15, 0.2) is 0 Å². The zero-order valence-electron chi connectivity index (χ0n) is 9.72. The summed E-state index contributed by atoms with van der Waals surface area (Å²) in [5, 5.41) is 17.0. The molecular weight excluding hydrogens is 220 g/mol. The van der Waals surface area contributed by atoms with Gasteiger partial charge < -0.3 is 10.6 Å². The van der Waals surface area contributed by atoms with Crippen molar-refractivity contribution in [3.8, 4) is 0 Å². The number of nitrogens with one attached hydrogen (secondary N) is 2. The van der Waals surface area contributed by atoms with E-state index >= 15 is 0 Å². The van der Waals surface area contributed by atoms with Gasteiger partial charge in [-0.15, -0.1) is 0 Å². The van der Waals surface area contributed by atoms with Crippen molar-refractivity contribution >= 4 is 11.5 Å². The molecular formula is C11H16N4O2. The largest absolute Gasteiger partial charge is 0.367 e. The number of aromatic nitrogens is 1. The minimum absolute atomic E-state index is 0.0232. The lowest BCUT2D eigenvalue weighted by Crippen LogP contribution is -2.24. The Morgan fingerprint density at radius 3 is 2.71 bits per heavy atom. The highest BCUT2D eigenvalue weighted by Crippen LogP contribution is 2.22. The molecule has 0 amide bonds. The molecule has 1 aliphatic carbocycles. The van der Waals surface area contributed by atoms with Gasteiger partial charge in [0.1, 0.15) is 12.0 Å². The Balaban J connectivity index is 1.93. The summed E-state index contributed by atoms with van der Waals surface area (Å²) in [7, 11) is 1.97. The van der Waals surface area contributed by atoms with Crippen molar-refractivity contribution in [2.45, 2.75) is 31.3 Å². The highest BCUT2D eigenvalue weighted by atomic mass is 16.6. The van der Waals surface area contributed by atoms with Crippen molar-refractivity contribution in [2.24, 2.45) is 0 Å². The molecule has 2 atom stereocenters. The Labute approximate surface area is 99.6 Å². The summed E-state index contributed by atoms with van der Waals surface area (Å²) in [5.41, 5.74) is 0.0232. The summed E-state index contributed by atoms with van der Waals surface area (Å²) in [6.45, 7) is 0. The van der Waals surface area contributed by atoms with Crippen LogP contribution in [0.2, 0.25) is 0 Å². The minimum Gasteiger partial charge on any atom is -0.367 e. The Hall–Kier alpha value is -1.69. The fraction of sp³-hybridized carbons (Fsp3) is 0.545. The molecule has 2 N–H and O–H groups in total. The molecule has 1 fully saturated rings. The van der Waals surface area contributed by atoms with Gasteiger partial charge >= 0.3 is 0 Å². The van der Waals surface area contributed by atoms with E-state index in [9.17, 15) is 10.1 Å². The number of pyridine rings is 1. The summed E-state index contributed by atoms with van der Waals surface area (Å²) in [6, 6.07) is 4.09. The van der Waals surface area contributed by atoms with E-state index < -0.39 is 4.92 Å². The summed E-state index contributed by atoms with van der Waals surface area (Å²) in [5.74, 6) is 0.706. The Bertz CT molecular complexity index is 393.